The molecule has 4 rings (SSSR count). The third-order valence-electron chi connectivity index (χ3n) is 4.66. The van der Waals surface area contributed by atoms with E-state index in [-0.39, 0.29) is 6.79 Å². The lowest BCUT2D eigenvalue weighted by atomic mass is 10.00. The number of nitrogens with zero attached hydrogens (tertiary/aromatic N) is 4. The van der Waals surface area contributed by atoms with Gasteiger partial charge in [-0.05, 0) is 31.5 Å². The van der Waals surface area contributed by atoms with Gasteiger partial charge >= 0.3 is 0 Å². The van der Waals surface area contributed by atoms with E-state index in [0.29, 0.717) is 6.61 Å². The molecule has 0 atom stereocenters. The van der Waals surface area contributed by atoms with Gasteiger partial charge in [0.05, 0.1) is 12.0 Å². The van der Waals surface area contributed by atoms with Crippen LogP contribution in [0.5, 0.6) is 5.75 Å². The highest BCUT2D eigenvalue weighted by Gasteiger charge is 2.16. The molecular formula is C24H28N4O2. The molecule has 2 aromatic carbocycles. The molecule has 0 aliphatic heterocycles. The number of ether oxygens (including phenoxy) is 2. The number of hydrogen-bond acceptors (Lipinski definition) is 5. The zero-order chi connectivity index (χ0) is 21.5. The molecule has 0 saturated heterocycles. The Morgan fingerprint density at radius 1 is 0.933 bits per heavy atom. The SMILES string of the molecule is CC.Cc1ncnc(C)c1-c1ccc(OCOCc2ccccc2)c2cn(C)nc12. The quantitative estimate of drug-likeness (QED) is 0.325. The highest BCUT2D eigenvalue weighted by molar-refractivity contribution is 5.98. The average Bonchev–Trinajstić information content (AvgIpc) is 3.16. The standard InChI is InChI=1S/C22H22N4O2.C2H6/c1-15-21(16(2)24-13-23-15)18-9-10-20(19-11-26(3)25-22(18)19)28-14-27-12-17-7-5-4-6-8-17;1-2/h4-11,13H,12,14H2,1-3H3;1-2H3. The minimum atomic E-state index is 0.171. The molecule has 6 heteroatoms. The van der Waals surface area contributed by atoms with Crippen LogP contribution in [-0.2, 0) is 18.4 Å². The van der Waals surface area contributed by atoms with Crippen LogP contribution in [0.4, 0.5) is 0 Å². The maximum atomic E-state index is 5.90. The van der Waals surface area contributed by atoms with E-state index in [1.165, 1.54) is 0 Å². The molecule has 2 aromatic heterocycles. The van der Waals surface area contributed by atoms with Crippen molar-refractivity contribution in [3.8, 4) is 16.9 Å². The van der Waals surface area contributed by atoms with Crippen LogP contribution in [0.3, 0.4) is 0 Å². The van der Waals surface area contributed by atoms with E-state index in [2.05, 4.69) is 15.1 Å². The second kappa shape index (κ2) is 9.98. The van der Waals surface area contributed by atoms with E-state index in [4.69, 9.17) is 9.47 Å². The summed E-state index contributed by atoms with van der Waals surface area (Å²) in [5.41, 5.74) is 5.85. The normalized spacial score (nSPS) is 10.6. The van der Waals surface area contributed by atoms with E-state index in [9.17, 15) is 0 Å². The first-order valence-electron chi connectivity index (χ1n) is 10.1. The van der Waals surface area contributed by atoms with Gasteiger partial charge in [0.1, 0.15) is 17.6 Å². The number of fused-ring (bicyclic) bond motifs is 1. The lowest BCUT2D eigenvalue weighted by Gasteiger charge is -2.12. The van der Waals surface area contributed by atoms with Crippen LogP contribution in [0, 0.1) is 13.8 Å². The number of rotatable bonds is 6. The first kappa shape index (κ1) is 21.5. The summed E-state index contributed by atoms with van der Waals surface area (Å²) in [4.78, 5) is 8.69. The molecule has 0 bridgehead atoms. The Kier molecular flexibility index (Phi) is 7.14. The fourth-order valence-electron chi connectivity index (χ4n) is 3.34. The van der Waals surface area contributed by atoms with Crippen LogP contribution in [0.2, 0.25) is 0 Å². The van der Waals surface area contributed by atoms with Crippen molar-refractivity contribution in [3.63, 3.8) is 0 Å². The summed E-state index contributed by atoms with van der Waals surface area (Å²) in [6.07, 6.45) is 3.55. The molecule has 4 aromatic rings. The Balaban J connectivity index is 0.00000124. The topological polar surface area (TPSA) is 62.1 Å². The predicted octanol–water partition coefficient (Wildman–Crippen LogP) is 5.23. The van der Waals surface area contributed by atoms with Gasteiger partial charge in [-0.25, -0.2) is 9.97 Å². The van der Waals surface area contributed by atoms with Gasteiger partial charge in [-0.3, -0.25) is 4.68 Å². The fourth-order valence-corrected chi connectivity index (χ4v) is 3.34. The first-order valence-corrected chi connectivity index (χ1v) is 10.1. The summed E-state index contributed by atoms with van der Waals surface area (Å²) < 4.78 is 13.4. The molecule has 0 radical (unpaired) electrons. The average molecular weight is 405 g/mol. The smallest absolute Gasteiger partial charge is 0.189 e. The summed E-state index contributed by atoms with van der Waals surface area (Å²) in [7, 11) is 1.90. The molecule has 156 valence electrons. The number of aryl methyl sites for hydroxylation is 3. The molecule has 0 saturated carbocycles. The Hall–Kier alpha value is -3.25. The lowest BCUT2D eigenvalue weighted by molar-refractivity contribution is 0.00589. The van der Waals surface area contributed by atoms with Gasteiger partial charge < -0.3 is 9.47 Å². The van der Waals surface area contributed by atoms with Gasteiger partial charge in [0.15, 0.2) is 6.79 Å². The van der Waals surface area contributed by atoms with Crippen LogP contribution in [-0.4, -0.2) is 26.5 Å². The maximum Gasteiger partial charge on any atom is 0.189 e. The summed E-state index contributed by atoms with van der Waals surface area (Å²) >= 11 is 0. The van der Waals surface area contributed by atoms with Crippen LogP contribution in [0.1, 0.15) is 30.8 Å². The second-order valence-electron chi connectivity index (χ2n) is 6.69. The van der Waals surface area contributed by atoms with E-state index in [1.54, 1.807) is 11.0 Å². The van der Waals surface area contributed by atoms with Gasteiger partial charge in [0.25, 0.3) is 0 Å². The van der Waals surface area contributed by atoms with Crippen molar-refractivity contribution in [3.05, 3.63) is 71.9 Å². The fraction of sp³-hybridized carbons (Fsp3) is 0.292. The van der Waals surface area contributed by atoms with Crippen molar-refractivity contribution in [1.29, 1.82) is 0 Å². The zero-order valence-corrected chi connectivity index (χ0v) is 18.2. The molecular weight excluding hydrogens is 376 g/mol. The largest absolute Gasteiger partial charge is 0.467 e. The molecule has 0 N–H and O–H groups in total. The van der Waals surface area contributed by atoms with Gasteiger partial charge in [0, 0.05) is 35.8 Å². The molecule has 6 nitrogen and oxygen atoms in total. The summed E-state index contributed by atoms with van der Waals surface area (Å²) in [5.74, 6) is 0.743. The minimum absolute atomic E-state index is 0.171. The van der Waals surface area contributed by atoms with E-state index in [0.717, 1.165) is 44.7 Å². The highest BCUT2D eigenvalue weighted by Crippen LogP contribution is 2.35. The Labute approximate surface area is 177 Å². The van der Waals surface area contributed by atoms with E-state index >= 15 is 0 Å². The van der Waals surface area contributed by atoms with Crippen LogP contribution in [0.15, 0.2) is 55.0 Å². The van der Waals surface area contributed by atoms with Crippen molar-refractivity contribution in [2.24, 2.45) is 7.05 Å². The second-order valence-corrected chi connectivity index (χ2v) is 6.69. The van der Waals surface area contributed by atoms with Crippen LogP contribution < -0.4 is 4.74 Å². The predicted molar refractivity (Wildman–Crippen MR) is 119 cm³/mol. The van der Waals surface area contributed by atoms with Crippen molar-refractivity contribution in [2.75, 3.05) is 6.79 Å². The number of benzene rings is 2. The summed E-state index contributed by atoms with van der Waals surface area (Å²) in [6.45, 7) is 8.65. The van der Waals surface area contributed by atoms with E-state index in [1.807, 2.05) is 83.4 Å². The monoisotopic (exact) mass is 404 g/mol. The Morgan fingerprint density at radius 2 is 1.63 bits per heavy atom. The third-order valence-corrected chi connectivity index (χ3v) is 4.66. The Bertz CT molecular complexity index is 1090. The van der Waals surface area contributed by atoms with Crippen molar-refractivity contribution in [2.45, 2.75) is 34.3 Å². The van der Waals surface area contributed by atoms with Gasteiger partial charge in [-0.15, -0.1) is 0 Å². The molecule has 0 aliphatic carbocycles. The van der Waals surface area contributed by atoms with Crippen molar-refractivity contribution in [1.82, 2.24) is 19.7 Å². The van der Waals surface area contributed by atoms with Gasteiger partial charge in [0.2, 0.25) is 0 Å². The van der Waals surface area contributed by atoms with Crippen LogP contribution in [0.25, 0.3) is 22.0 Å². The molecule has 30 heavy (non-hydrogen) atoms. The zero-order valence-electron chi connectivity index (χ0n) is 18.2. The third kappa shape index (κ3) is 4.66. The molecule has 0 fully saturated rings. The first-order chi connectivity index (χ1) is 14.6. The summed E-state index contributed by atoms with van der Waals surface area (Å²) in [6, 6.07) is 14.0. The number of aromatic nitrogens is 4. The highest BCUT2D eigenvalue weighted by atomic mass is 16.7. The maximum absolute atomic E-state index is 5.90. The molecule has 0 amide bonds. The molecule has 0 spiro atoms. The van der Waals surface area contributed by atoms with Crippen molar-refractivity contribution >= 4 is 10.9 Å². The Morgan fingerprint density at radius 3 is 2.33 bits per heavy atom. The molecule has 0 aliphatic rings. The lowest BCUT2D eigenvalue weighted by Crippen LogP contribution is -2.03. The minimum Gasteiger partial charge on any atom is -0.467 e. The van der Waals surface area contributed by atoms with Crippen molar-refractivity contribution < 1.29 is 9.47 Å². The molecule has 0 unspecified atom stereocenters. The van der Waals surface area contributed by atoms with Gasteiger partial charge in [-0.2, -0.15) is 5.10 Å². The number of hydrogen-bond donors (Lipinski definition) is 0. The molecule has 2 heterocycles. The van der Waals surface area contributed by atoms with E-state index < -0.39 is 0 Å². The van der Waals surface area contributed by atoms with Crippen LogP contribution >= 0.6 is 0 Å². The van der Waals surface area contributed by atoms with Gasteiger partial charge in [-0.1, -0.05) is 44.2 Å². The summed E-state index contributed by atoms with van der Waals surface area (Å²) in [5, 5.41) is 5.58.